The Labute approximate surface area is 199 Å². The number of carbonyl (C=O) groups excluding carboxylic acids is 2. The van der Waals surface area contributed by atoms with Crippen molar-refractivity contribution in [3.05, 3.63) is 58.6 Å². The predicted octanol–water partition coefficient (Wildman–Crippen LogP) is 3.90. The Bertz CT molecular complexity index is 1170. The van der Waals surface area contributed by atoms with Gasteiger partial charge in [0.05, 0.1) is 21.2 Å². The van der Waals surface area contributed by atoms with Gasteiger partial charge in [-0.1, -0.05) is 36.7 Å². The molecule has 2 heterocycles. The van der Waals surface area contributed by atoms with Crippen molar-refractivity contribution < 1.29 is 22.7 Å². The quantitative estimate of drug-likeness (QED) is 0.593. The van der Waals surface area contributed by atoms with E-state index in [9.17, 15) is 18.0 Å². The molecule has 9 heteroatoms. The molecule has 4 rings (SSSR count). The zero-order chi connectivity index (χ0) is 23.6. The van der Waals surface area contributed by atoms with E-state index in [1.807, 2.05) is 12.1 Å². The Morgan fingerprint density at radius 2 is 1.91 bits per heavy atom. The number of ether oxygens (including phenoxy) is 1. The summed E-state index contributed by atoms with van der Waals surface area (Å²) < 4.78 is 33.4. The second kappa shape index (κ2) is 9.73. The summed E-state index contributed by atoms with van der Waals surface area (Å²) in [6.45, 7) is 3.31. The van der Waals surface area contributed by atoms with Crippen molar-refractivity contribution >= 4 is 39.2 Å². The number of aryl methyl sites for hydroxylation is 1. The number of benzene rings is 2. The van der Waals surface area contributed by atoms with Crippen LogP contribution < -0.4 is 4.31 Å². The number of amides is 1. The molecule has 0 aliphatic carbocycles. The average Bonchev–Trinajstić information content (AvgIpc) is 2.82. The number of nitrogens with zero attached hydrogens (tertiary/aromatic N) is 2. The molecule has 2 aliphatic rings. The second-order valence-corrected chi connectivity index (χ2v) is 10.9. The van der Waals surface area contributed by atoms with E-state index in [1.54, 1.807) is 17.0 Å². The van der Waals surface area contributed by atoms with Crippen LogP contribution in [0.25, 0.3) is 0 Å². The number of fused-ring (bicyclic) bond motifs is 1. The molecule has 0 N–H and O–H groups in total. The lowest BCUT2D eigenvalue weighted by Gasteiger charge is -2.31. The van der Waals surface area contributed by atoms with Crippen LogP contribution in [0.3, 0.4) is 0 Å². The predicted molar refractivity (Wildman–Crippen MR) is 126 cm³/mol. The van der Waals surface area contributed by atoms with Gasteiger partial charge in [-0.3, -0.25) is 9.10 Å². The minimum atomic E-state index is -3.91. The molecule has 2 aliphatic heterocycles. The molecule has 1 amide bonds. The third kappa shape index (κ3) is 5.01. The Morgan fingerprint density at radius 1 is 1.12 bits per heavy atom. The van der Waals surface area contributed by atoms with Gasteiger partial charge in [-0.2, -0.15) is 0 Å². The van der Waals surface area contributed by atoms with Crippen LogP contribution in [-0.4, -0.2) is 51.4 Å². The van der Waals surface area contributed by atoms with Crippen LogP contribution in [0.2, 0.25) is 5.02 Å². The molecule has 176 valence electrons. The van der Waals surface area contributed by atoms with Crippen molar-refractivity contribution in [1.82, 2.24) is 4.90 Å². The van der Waals surface area contributed by atoms with Crippen LogP contribution in [0, 0.1) is 5.92 Å². The SMILES string of the molecule is CC1CCCN(C(=O)COC(=O)c2cc(S(=O)(=O)N3CCCc4ccccc43)ccc2Cl)C1. The fourth-order valence-corrected chi connectivity index (χ4v) is 6.17. The lowest BCUT2D eigenvalue weighted by Crippen LogP contribution is -2.41. The molecule has 1 saturated heterocycles. The smallest absolute Gasteiger partial charge is 0.340 e. The maximum absolute atomic E-state index is 13.4. The topological polar surface area (TPSA) is 84.0 Å². The largest absolute Gasteiger partial charge is 0.452 e. The number of likely N-dealkylation sites (tertiary alicyclic amines) is 1. The van der Waals surface area contributed by atoms with Gasteiger partial charge < -0.3 is 9.64 Å². The zero-order valence-electron chi connectivity index (χ0n) is 18.5. The van der Waals surface area contributed by atoms with E-state index in [-0.39, 0.29) is 21.4 Å². The number of para-hydroxylation sites is 1. The van der Waals surface area contributed by atoms with E-state index in [1.165, 1.54) is 22.5 Å². The maximum Gasteiger partial charge on any atom is 0.340 e. The van der Waals surface area contributed by atoms with Crippen LogP contribution in [-0.2, 0) is 26.0 Å². The number of esters is 1. The van der Waals surface area contributed by atoms with E-state index in [4.69, 9.17) is 16.3 Å². The van der Waals surface area contributed by atoms with Crippen LogP contribution in [0.1, 0.15) is 42.1 Å². The Balaban J connectivity index is 1.52. The molecule has 1 atom stereocenters. The number of halogens is 1. The third-order valence-electron chi connectivity index (χ3n) is 6.15. The summed E-state index contributed by atoms with van der Waals surface area (Å²) in [5, 5.41) is 0.0667. The second-order valence-electron chi connectivity index (χ2n) is 8.61. The summed E-state index contributed by atoms with van der Waals surface area (Å²) in [4.78, 5) is 26.8. The average molecular weight is 491 g/mol. The molecule has 0 bridgehead atoms. The molecule has 0 saturated carbocycles. The van der Waals surface area contributed by atoms with Crippen molar-refractivity contribution in [3.8, 4) is 0 Å². The van der Waals surface area contributed by atoms with Crippen LogP contribution in [0.15, 0.2) is 47.4 Å². The van der Waals surface area contributed by atoms with Gasteiger partial charge in [0.25, 0.3) is 15.9 Å². The number of sulfonamides is 1. The van der Waals surface area contributed by atoms with Gasteiger partial charge in [-0.05, 0) is 61.4 Å². The molecule has 33 heavy (non-hydrogen) atoms. The van der Waals surface area contributed by atoms with Crippen molar-refractivity contribution in [2.75, 3.05) is 30.5 Å². The van der Waals surface area contributed by atoms with Crippen LogP contribution in [0.4, 0.5) is 5.69 Å². The maximum atomic E-state index is 13.4. The normalized spacial score (nSPS) is 18.5. The summed E-state index contributed by atoms with van der Waals surface area (Å²) in [6, 6.07) is 11.4. The molecular weight excluding hydrogens is 464 g/mol. The molecule has 2 aromatic rings. The Hall–Kier alpha value is -2.58. The number of rotatable bonds is 5. The molecule has 0 spiro atoms. The van der Waals surface area contributed by atoms with E-state index >= 15 is 0 Å². The van der Waals surface area contributed by atoms with Gasteiger partial charge in [0.1, 0.15) is 0 Å². The highest BCUT2D eigenvalue weighted by Gasteiger charge is 2.30. The first-order valence-corrected chi connectivity index (χ1v) is 12.9. The molecule has 0 radical (unpaired) electrons. The minimum Gasteiger partial charge on any atom is -0.452 e. The molecule has 2 aromatic carbocycles. The van der Waals surface area contributed by atoms with Crippen molar-refractivity contribution in [2.45, 2.75) is 37.5 Å². The summed E-state index contributed by atoms with van der Waals surface area (Å²) >= 11 is 6.19. The van der Waals surface area contributed by atoms with Gasteiger partial charge in [0.2, 0.25) is 0 Å². The van der Waals surface area contributed by atoms with Gasteiger partial charge in [-0.25, -0.2) is 13.2 Å². The minimum absolute atomic E-state index is 0.0493. The number of hydrogen-bond donors (Lipinski definition) is 0. The lowest BCUT2D eigenvalue weighted by atomic mass is 10.0. The molecule has 1 unspecified atom stereocenters. The summed E-state index contributed by atoms with van der Waals surface area (Å²) in [7, 11) is -3.91. The lowest BCUT2D eigenvalue weighted by molar-refractivity contribution is -0.136. The highest BCUT2D eigenvalue weighted by atomic mass is 35.5. The van der Waals surface area contributed by atoms with Crippen molar-refractivity contribution in [3.63, 3.8) is 0 Å². The standard InChI is InChI=1S/C24H27ClN2O5S/c1-17-6-4-12-26(15-17)23(28)16-32-24(29)20-14-19(10-11-21(20)25)33(30,31)27-13-5-8-18-7-2-3-9-22(18)27/h2-3,7,9-11,14,17H,4-6,8,12-13,15-16H2,1H3. The summed E-state index contributed by atoms with van der Waals surface area (Å²) in [5.74, 6) is -0.677. The first-order valence-electron chi connectivity index (χ1n) is 11.1. The van der Waals surface area contributed by atoms with Gasteiger partial charge >= 0.3 is 5.97 Å². The highest BCUT2D eigenvalue weighted by Crippen LogP contribution is 2.33. The summed E-state index contributed by atoms with van der Waals surface area (Å²) in [5.41, 5.74) is 1.53. The summed E-state index contributed by atoms with van der Waals surface area (Å²) in [6.07, 6.45) is 3.51. The monoisotopic (exact) mass is 490 g/mol. The number of piperidine rings is 1. The van der Waals surface area contributed by atoms with Crippen LogP contribution >= 0.6 is 11.6 Å². The molecule has 0 aromatic heterocycles. The van der Waals surface area contributed by atoms with E-state index < -0.39 is 22.6 Å². The van der Waals surface area contributed by atoms with Crippen LogP contribution in [0.5, 0.6) is 0 Å². The van der Waals surface area contributed by atoms with Gasteiger partial charge in [-0.15, -0.1) is 0 Å². The Morgan fingerprint density at radius 3 is 2.70 bits per heavy atom. The zero-order valence-corrected chi connectivity index (χ0v) is 20.1. The highest BCUT2D eigenvalue weighted by molar-refractivity contribution is 7.92. The first-order chi connectivity index (χ1) is 15.8. The number of anilines is 1. The number of hydrogen-bond acceptors (Lipinski definition) is 5. The van der Waals surface area contributed by atoms with Gasteiger partial charge in [0.15, 0.2) is 6.61 Å². The fraction of sp³-hybridized carbons (Fsp3) is 0.417. The van der Waals surface area contributed by atoms with Crippen molar-refractivity contribution in [2.24, 2.45) is 5.92 Å². The fourth-order valence-electron chi connectivity index (χ4n) is 4.41. The Kier molecular flexibility index (Phi) is 6.95. The third-order valence-corrected chi connectivity index (χ3v) is 8.29. The van der Waals surface area contributed by atoms with E-state index in [0.29, 0.717) is 37.7 Å². The van der Waals surface area contributed by atoms with E-state index in [2.05, 4.69) is 6.92 Å². The van der Waals surface area contributed by atoms with E-state index in [0.717, 1.165) is 24.8 Å². The number of carbonyl (C=O) groups is 2. The van der Waals surface area contributed by atoms with Gasteiger partial charge in [0, 0.05) is 19.6 Å². The molecular formula is C24H27ClN2O5S. The molecule has 1 fully saturated rings. The first kappa shape index (κ1) is 23.6. The van der Waals surface area contributed by atoms with Crippen molar-refractivity contribution in [1.29, 1.82) is 0 Å². The molecule has 7 nitrogen and oxygen atoms in total.